The summed E-state index contributed by atoms with van der Waals surface area (Å²) in [5.41, 5.74) is -0.299. The van der Waals surface area contributed by atoms with E-state index in [-0.39, 0.29) is 12.1 Å². The highest BCUT2D eigenvalue weighted by Crippen LogP contribution is 2.41. The van der Waals surface area contributed by atoms with E-state index in [1.807, 2.05) is 0 Å². The monoisotopic (exact) mass is 391 g/mol. The first kappa shape index (κ1) is 20.4. The molecule has 8 nitrogen and oxygen atoms in total. The van der Waals surface area contributed by atoms with Gasteiger partial charge in [0, 0.05) is 6.54 Å². The third-order valence-corrected chi connectivity index (χ3v) is 5.21. The second kappa shape index (κ2) is 9.25. The average molecular weight is 391 g/mol. The molecule has 0 radical (unpaired) electrons. The summed E-state index contributed by atoms with van der Waals surface area (Å²) in [4.78, 5) is 15.2. The molecule has 154 valence electrons. The van der Waals surface area contributed by atoms with Crippen LogP contribution >= 0.6 is 0 Å². The molecule has 28 heavy (non-hydrogen) atoms. The molecule has 2 aromatic rings. The first-order valence-electron chi connectivity index (χ1n) is 9.68. The number of nitrogens with zero attached hydrogens (tertiary/aromatic N) is 3. The maximum atomic E-state index is 13.0. The maximum absolute atomic E-state index is 13.0. The summed E-state index contributed by atoms with van der Waals surface area (Å²) in [7, 11) is 4.53. The van der Waals surface area contributed by atoms with Gasteiger partial charge in [0.1, 0.15) is 0 Å². The molecule has 0 aliphatic carbocycles. The van der Waals surface area contributed by atoms with Gasteiger partial charge in [-0.3, -0.25) is 4.79 Å². The van der Waals surface area contributed by atoms with Crippen LogP contribution in [0.5, 0.6) is 17.2 Å². The highest BCUT2D eigenvalue weighted by atomic mass is 16.5. The van der Waals surface area contributed by atoms with E-state index in [1.54, 1.807) is 12.3 Å². The summed E-state index contributed by atoms with van der Waals surface area (Å²) >= 11 is 0. The van der Waals surface area contributed by atoms with Gasteiger partial charge < -0.3 is 24.2 Å². The van der Waals surface area contributed by atoms with Crippen molar-refractivity contribution in [2.75, 3.05) is 41.0 Å². The van der Waals surface area contributed by atoms with Crippen LogP contribution in [0.4, 0.5) is 0 Å². The molecule has 1 aliphatic heterocycles. The maximum Gasteiger partial charge on any atom is 0.274 e. The number of benzene rings is 1. The molecule has 2 heterocycles. The molecule has 0 amide bonds. The molecule has 1 unspecified atom stereocenters. The Kier molecular flexibility index (Phi) is 6.74. The molecule has 1 aromatic heterocycles. The van der Waals surface area contributed by atoms with E-state index in [9.17, 15) is 9.90 Å². The number of likely N-dealkylation sites (tertiary alicyclic amines) is 1. The Morgan fingerprint density at radius 1 is 1.00 bits per heavy atom. The highest BCUT2D eigenvalue weighted by Gasteiger charge is 2.20. The van der Waals surface area contributed by atoms with Gasteiger partial charge in [-0.1, -0.05) is 12.8 Å². The predicted molar refractivity (Wildman–Crippen MR) is 107 cm³/mol. The van der Waals surface area contributed by atoms with E-state index in [1.165, 1.54) is 38.9 Å². The van der Waals surface area contributed by atoms with Gasteiger partial charge in [-0.2, -0.15) is 5.10 Å². The molecule has 1 N–H and O–H groups in total. The minimum atomic E-state index is -0.664. The molecule has 0 saturated carbocycles. The van der Waals surface area contributed by atoms with Crippen molar-refractivity contribution in [3.8, 4) is 17.2 Å². The molecule has 3 rings (SSSR count). The number of aliphatic hydroxyl groups is 1. The molecule has 1 atom stereocenters. The van der Waals surface area contributed by atoms with Crippen LogP contribution < -0.4 is 19.8 Å². The summed E-state index contributed by atoms with van der Waals surface area (Å²) in [6.45, 7) is 2.67. The molecule has 8 heteroatoms. The zero-order valence-corrected chi connectivity index (χ0v) is 16.8. The fourth-order valence-corrected chi connectivity index (χ4v) is 3.81. The van der Waals surface area contributed by atoms with E-state index < -0.39 is 6.10 Å². The molecule has 1 fully saturated rings. The van der Waals surface area contributed by atoms with Crippen LogP contribution in [0.3, 0.4) is 0 Å². The van der Waals surface area contributed by atoms with Crippen LogP contribution in [0.1, 0.15) is 25.7 Å². The fourth-order valence-electron chi connectivity index (χ4n) is 3.81. The van der Waals surface area contributed by atoms with Crippen LogP contribution in [-0.4, -0.2) is 66.9 Å². The second-order valence-electron chi connectivity index (χ2n) is 7.11. The SMILES string of the molecule is COc1cc2c(=O)n(CC(O)CN3CCCCCC3)ncc2c(OC)c1OC. The lowest BCUT2D eigenvalue weighted by Gasteiger charge is -2.23. The molecular weight excluding hydrogens is 362 g/mol. The van der Waals surface area contributed by atoms with Crippen LogP contribution in [0.2, 0.25) is 0 Å². The standard InChI is InChI=1S/C20H29N3O5/c1-26-17-10-15-16(18(27-2)19(17)28-3)11-21-23(20(15)25)13-14(24)12-22-8-6-4-5-7-9-22/h10-11,14,24H,4-9,12-13H2,1-3H3. The number of aliphatic hydroxyl groups excluding tert-OH is 1. The largest absolute Gasteiger partial charge is 0.493 e. The number of ether oxygens (including phenoxy) is 3. The van der Waals surface area contributed by atoms with Crippen molar-refractivity contribution in [2.24, 2.45) is 0 Å². The molecule has 0 spiro atoms. The van der Waals surface area contributed by atoms with Gasteiger partial charge >= 0.3 is 0 Å². The van der Waals surface area contributed by atoms with E-state index in [4.69, 9.17) is 14.2 Å². The lowest BCUT2D eigenvalue weighted by atomic mass is 10.1. The smallest absolute Gasteiger partial charge is 0.274 e. The Bertz CT molecular complexity index is 859. The van der Waals surface area contributed by atoms with Crippen molar-refractivity contribution in [1.29, 1.82) is 0 Å². The van der Waals surface area contributed by atoms with Crippen LogP contribution in [-0.2, 0) is 6.54 Å². The zero-order valence-electron chi connectivity index (χ0n) is 16.8. The van der Waals surface area contributed by atoms with Gasteiger partial charge in [0.05, 0.1) is 50.9 Å². The molecular formula is C20H29N3O5. The third kappa shape index (κ3) is 4.23. The topological polar surface area (TPSA) is 86.1 Å². The lowest BCUT2D eigenvalue weighted by molar-refractivity contribution is 0.0953. The van der Waals surface area contributed by atoms with Crippen LogP contribution in [0.25, 0.3) is 10.8 Å². The van der Waals surface area contributed by atoms with Crippen LogP contribution in [0, 0.1) is 0 Å². The van der Waals surface area contributed by atoms with Crippen molar-refractivity contribution in [2.45, 2.75) is 38.3 Å². The minimum absolute atomic E-state index is 0.141. The van der Waals surface area contributed by atoms with E-state index in [0.29, 0.717) is 34.6 Å². The summed E-state index contributed by atoms with van der Waals surface area (Å²) in [5.74, 6) is 1.23. The predicted octanol–water partition coefficient (Wildman–Crippen LogP) is 1.66. The van der Waals surface area contributed by atoms with Crippen molar-refractivity contribution >= 4 is 10.8 Å². The van der Waals surface area contributed by atoms with Crippen molar-refractivity contribution in [1.82, 2.24) is 14.7 Å². The molecule has 0 bridgehead atoms. The summed E-state index contributed by atoms with van der Waals surface area (Å²) in [6.07, 6.45) is 5.69. The van der Waals surface area contributed by atoms with Gasteiger partial charge in [0.2, 0.25) is 5.75 Å². The summed E-state index contributed by atoms with van der Waals surface area (Å²) in [6, 6.07) is 1.62. The number of fused-ring (bicyclic) bond motifs is 1. The van der Waals surface area contributed by atoms with E-state index >= 15 is 0 Å². The van der Waals surface area contributed by atoms with Crippen molar-refractivity contribution < 1.29 is 19.3 Å². The Morgan fingerprint density at radius 3 is 2.29 bits per heavy atom. The molecule has 1 saturated heterocycles. The Balaban J connectivity index is 1.88. The Morgan fingerprint density at radius 2 is 1.68 bits per heavy atom. The number of hydrogen-bond donors (Lipinski definition) is 1. The molecule has 1 aromatic carbocycles. The fraction of sp³-hybridized carbons (Fsp3) is 0.600. The number of rotatable bonds is 7. The quantitative estimate of drug-likeness (QED) is 0.768. The number of β-amino-alcohol motifs (C(OH)–C–C–N with tert-alkyl or cyclic N) is 1. The van der Waals surface area contributed by atoms with Gasteiger partial charge in [-0.25, -0.2) is 4.68 Å². The second-order valence-corrected chi connectivity index (χ2v) is 7.11. The average Bonchev–Trinajstić information content (AvgIpc) is 2.97. The summed E-state index contributed by atoms with van der Waals surface area (Å²) < 4.78 is 17.4. The van der Waals surface area contributed by atoms with Gasteiger partial charge in [-0.15, -0.1) is 0 Å². The van der Waals surface area contributed by atoms with Crippen LogP contribution in [0.15, 0.2) is 17.1 Å². The van der Waals surface area contributed by atoms with Gasteiger partial charge in [-0.05, 0) is 32.0 Å². The highest BCUT2D eigenvalue weighted by molar-refractivity contribution is 5.91. The lowest BCUT2D eigenvalue weighted by Crippen LogP contribution is -2.38. The van der Waals surface area contributed by atoms with Gasteiger partial charge in [0.25, 0.3) is 5.56 Å². The number of aromatic nitrogens is 2. The van der Waals surface area contributed by atoms with Gasteiger partial charge in [0.15, 0.2) is 11.5 Å². The first-order valence-corrected chi connectivity index (χ1v) is 9.68. The molecule has 1 aliphatic rings. The Hall–Kier alpha value is -2.32. The first-order chi connectivity index (χ1) is 13.6. The normalized spacial score (nSPS) is 16.6. The van der Waals surface area contributed by atoms with E-state index in [2.05, 4.69) is 10.00 Å². The van der Waals surface area contributed by atoms with Crippen molar-refractivity contribution in [3.05, 3.63) is 22.6 Å². The van der Waals surface area contributed by atoms with Crippen molar-refractivity contribution in [3.63, 3.8) is 0 Å². The Labute approximate surface area is 164 Å². The zero-order chi connectivity index (χ0) is 20.1. The number of methoxy groups -OCH3 is 3. The summed E-state index contributed by atoms with van der Waals surface area (Å²) in [5, 5.41) is 15.7. The van der Waals surface area contributed by atoms with E-state index in [0.717, 1.165) is 25.9 Å². The third-order valence-electron chi connectivity index (χ3n) is 5.21. The number of hydrogen-bond acceptors (Lipinski definition) is 7. The minimum Gasteiger partial charge on any atom is -0.493 e.